The Morgan fingerprint density at radius 2 is 1.54 bits per heavy atom. The Balaban J connectivity index is 1.91. The summed E-state index contributed by atoms with van der Waals surface area (Å²) in [6.07, 6.45) is 0.264. The van der Waals surface area contributed by atoms with Gasteiger partial charge in [-0.05, 0) is 35.1 Å². The largest absolute Gasteiger partial charge is 0.315 e. The van der Waals surface area contributed by atoms with Crippen molar-refractivity contribution in [2.24, 2.45) is 5.92 Å². The van der Waals surface area contributed by atoms with Gasteiger partial charge in [-0.2, -0.15) is 0 Å². The third kappa shape index (κ3) is 3.82. The van der Waals surface area contributed by atoms with Crippen LogP contribution in [0.25, 0.3) is 0 Å². The standard InChI is InChI=1S/C24H30N2O2/c1-16(2)20-12-9-13-21(17(3)4)23(20)26-15-18(14-22(26)27)24(28)25(5)19-10-7-6-8-11-19/h6-13,16-18H,14-15H2,1-5H3. The molecule has 0 aliphatic carbocycles. The zero-order valence-electron chi connectivity index (χ0n) is 17.5. The van der Waals surface area contributed by atoms with Crippen molar-refractivity contribution in [3.8, 4) is 0 Å². The third-order valence-electron chi connectivity index (χ3n) is 5.56. The number of amides is 2. The van der Waals surface area contributed by atoms with Crippen LogP contribution < -0.4 is 9.80 Å². The van der Waals surface area contributed by atoms with Gasteiger partial charge in [-0.15, -0.1) is 0 Å². The van der Waals surface area contributed by atoms with E-state index in [9.17, 15) is 9.59 Å². The average Bonchev–Trinajstić information content (AvgIpc) is 3.08. The first-order valence-electron chi connectivity index (χ1n) is 10.1. The Bertz CT molecular complexity index is 832. The molecule has 0 aromatic heterocycles. The van der Waals surface area contributed by atoms with Gasteiger partial charge in [0.25, 0.3) is 0 Å². The zero-order valence-corrected chi connectivity index (χ0v) is 17.5. The van der Waals surface area contributed by atoms with E-state index in [0.29, 0.717) is 18.4 Å². The first-order chi connectivity index (χ1) is 13.3. The van der Waals surface area contributed by atoms with Crippen LogP contribution in [-0.2, 0) is 9.59 Å². The van der Waals surface area contributed by atoms with Gasteiger partial charge in [0.1, 0.15) is 0 Å². The summed E-state index contributed by atoms with van der Waals surface area (Å²) in [5.41, 5.74) is 4.20. The molecule has 0 bridgehead atoms. The van der Waals surface area contributed by atoms with Crippen LogP contribution in [0.2, 0.25) is 0 Å². The summed E-state index contributed by atoms with van der Waals surface area (Å²) < 4.78 is 0. The summed E-state index contributed by atoms with van der Waals surface area (Å²) in [7, 11) is 1.78. The van der Waals surface area contributed by atoms with Crippen molar-refractivity contribution < 1.29 is 9.59 Å². The maximum atomic E-state index is 13.1. The molecule has 4 heteroatoms. The first kappa shape index (κ1) is 20.1. The second-order valence-corrected chi connectivity index (χ2v) is 8.23. The lowest BCUT2D eigenvalue weighted by molar-refractivity contribution is -0.124. The zero-order chi connectivity index (χ0) is 20.4. The smallest absolute Gasteiger partial charge is 0.232 e. The number of para-hydroxylation sites is 2. The van der Waals surface area contributed by atoms with E-state index in [0.717, 1.165) is 11.4 Å². The molecular formula is C24H30N2O2. The quantitative estimate of drug-likeness (QED) is 0.739. The molecule has 1 fully saturated rings. The van der Waals surface area contributed by atoms with Gasteiger partial charge in [0, 0.05) is 25.7 Å². The van der Waals surface area contributed by atoms with Crippen molar-refractivity contribution in [3.63, 3.8) is 0 Å². The lowest BCUT2D eigenvalue weighted by atomic mass is 9.92. The van der Waals surface area contributed by atoms with Gasteiger partial charge in [-0.25, -0.2) is 0 Å². The molecule has 0 saturated carbocycles. The molecule has 1 aliphatic rings. The summed E-state index contributed by atoms with van der Waals surface area (Å²) in [5, 5.41) is 0. The fourth-order valence-electron chi connectivity index (χ4n) is 3.97. The number of hydrogen-bond donors (Lipinski definition) is 0. The Morgan fingerprint density at radius 1 is 0.964 bits per heavy atom. The third-order valence-corrected chi connectivity index (χ3v) is 5.56. The molecule has 1 saturated heterocycles. The summed E-state index contributed by atoms with van der Waals surface area (Å²) >= 11 is 0. The molecule has 2 aromatic carbocycles. The number of anilines is 2. The van der Waals surface area contributed by atoms with E-state index in [1.807, 2.05) is 35.2 Å². The average molecular weight is 379 g/mol. The van der Waals surface area contributed by atoms with Gasteiger partial charge in [-0.3, -0.25) is 9.59 Å². The van der Waals surface area contributed by atoms with E-state index in [-0.39, 0.29) is 24.2 Å². The topological polar surface area (TPSA) is 40.6 Å². The van der Waals surface area contributed by atoms with Crippen molar-refractivity contribution >= 4 is 23.2 Å². The highest BCUT2D eigenvalue weighted by molar-refractivity contribution is 6.05. The second-order valence-electron chi connectivity index (χ2n) is 8.23. The minimum Gasteiger partial charge on any atom is -0.315 e. The normalized spacial score (nSPS) is 16.9. The van der Waals surface area contributed by atoms with Crippen LogP contribution in [0, 0.1) is 5.92 Å². The molecule has 4 nitrogen and oxygen atoms in total. The Hall–Kier alpha value is -2.62. The molecule has 3 rings (SSSR count). The Labute approximate surface area is 168 Å². The summed E-state index contributed by atoms with van der Waals surface area (Å²) in [5.74, 6) is 0.328. The van der Waals surface area contributed by atoms with Crippen molar-refractivity contribution in [2.75, 3.05) is 23.4 Å². The summed E-state index contributed by atoms with van der Waals surface area (Å²) in [6, 6.07) is 15.9. The van der Waals surface area contributed by atoms with E-state index in [1.165, 1.54) is 11.1 Å². The second kappa shape index (κ2) is 8.17. The molecule has 0 spiro atoms. The van der Waals surface area contributed by atoms with Crippen LogP contribution in [0.1, 0.15) is 57.1 Å². The minimum atomic E-state index is -0.321. The molecule has 0 N–H and O–H groups in total. The van der Waals surface area contributed by atoms with Crippen LogP contribution in [-0.4, -0.2) is 25.4 Å². The predicted octanol–water partition coefficient (Wildman–Crippen LogP) is 4.95. The summed E-state index contributed by atoms with van der Waals surface area (Å²) in [4.78, 5) is 29.5. The minimum absolute atomic E-state index is 0.00447. The predicted molar refractivity (Wildman–Crippen MR) is 115 cm³/mol. The molecular weight excluding hydrogens is 348 g/mol. The molecule has 1 unspecified atom stereocenters. The molecule has 2 amide bonds. The molecule has 1 heterocycles. The molecule has 1 aliphatic heterocycles. The molecule has 2 aromatic rings. The fraction of sp³-hybridized carbons (Fsp3) is 0.417. The monoisotopic (exact) mass is 378 g/mol. The maximum absolute atomic E-state index is 13.1. The van der Waals surface area contributed by atoms with Gasteiger partial charge in [-0.1, -0.05) is 64.1 Å². The number of benzene rings is 2. The van der Waals surface area contributed by atoms with Gasteiger partial charge < -0.3 is 9.80 Å². The lowest BCUT2D eigenvalue weighted by Gasteiger charge is -2.27. The lowest BCUT2D eigenvalue weighted by Crippen LogP contribution is -2.35. The van der Waals surface area contributed by atoms with Crippen molar-refractivity contribution in [2.45, 2.75) is 46.0 Å². The van der Waals surface area contributed by atoms with Crippen molar-refractivity contribution in [3.05, 3.63) is 59.7 Å². The maximum Gasteiger partial charge on any atom is 0.232 e. The van der Waals surface area contributed by atoms with Crippen LogP contribution in [0.3, 0.4) is 0 Å². The fourth-order valence-corrected chi connectivity index (χ4v) is 3.97. The van der Waals surface area contributed by atoms with Crippen LogP contribution in [0.15, 0.2) is 48.5 Å². The highest BCUT2D eigenvalue weighted by Gasteiger charge is 2.38. The van der Waals surface area contributed by atoms with Crippen LogP contribution in [0.4, 0.5) is 11.4 Å². The SMILES string of the molecule is CC(C)c1cccc(C(C)C)c1N1CC(C(=O)N(C)c2ccccc2)CC1=O. The molecule has 148 valence electrons. The molecule has 28 heavy (non-hydrogen) atoms. The van der Waals surface area contributed by atoms with E-state index >= 15 is 0 Å². The number of hydrogen-bond acceptors (Lipinski definition) is 2. The highest BCUT2D eigenvalue weighted by atomic mass is 16.2. The Morgan fingerprint density at radius 3 is 2.07 bits per heavy atom. The van der Waals surface area contributed by atoms with Crippen LogP contribution in [0.5, 0.6) is 0 Å². The molecule has 1 atom stereocenters. The highest BCUT2D eigenvalue weighted by Crippen LogP contribution is 2.38. The number of rotatable bonds is 5. The van der Waals surface area contributed by atoms with E-state index < -0.39 is 0 Å². The van der Waals surface area contributed by atoms with Gasteiger partial charge >= 0.3 is 0 Å². The van der Waals surface area contributed by atoms with Gasteiger partial charge in [0.2, 0.25) is 11.8 Å². The number of nitrogens with zero attached hydrogens (tertiary/aromatic N) is 2. The van der Waals surface area contributed by atoms with Crippen LogP contribution >= 0.6 is 0 Å². The van der Waals surface area contributed by atoms with Gasteiger partial charge in [0.05, 0.1) is 11.6 Å². The first-order valence-corrected chi connectivity index (χ1v) is 10.1. The van der Waals surface area contributed by atoms with Crippen molar-refractivity contribution in [1.82, 2.24) is 0 Å². The van der Waals surface area contributed by atoms with E-state index in [1.54, 1.807) is 11.9 Å². The molecule has 0 radical (unpaired) electrons. The number of carbonyl (C=O) groups is 2. The van der Waals surface area contributed by atoms with E-state index in [2.05, 4.69) is 45.9 Å². The summed E-state index contributed by atoms with van der Waals surface area (Å²) in [6.45, 7) is 9.04. The number of carbonyl (C=O) groups excluding carboxylic acids is 2. The van der Waals surface area contributed by atoms with Gasteiger partial charge in [0.15, 0.2) is 0 Å². The van der Waals surface area contributed by atoms with E-state index in [4.69, 9.17) is 0 Å². The van der Waals surface area contributed by atoms with Crippen molar-refractivity contribution in [1.29, 1.82) is 0 Å². The Kier molecular flexibility index (Phi) is 5.87.